The number of aryl methyl sites for hydroxylation is 2. The zero-order valence-electron chi connectivity index (χ0n) is 16.0. The largest absolute Gasteiger partial charge is 0.325 e. The van der Waals surface area contributed by atoms with Gasteiger partial charge in [-0.25, -0.2) is 12.8 Å². The maximum absolute atomic E-state index is 13.6. The van der Waals surface area contributed by atoms with Crippen LogP contribution in [0.4, 0.5) is 10.1 Å². The van der Waals surface area contributed by atoms with E-state index in [0.29, 0.717) is 42.3 Å². The molecule has 0 saturated carbocycles. The van der Waals surface area contributed by atoms with Crippen LogP contribution >= 0.6 is 0 Å². The van der Waals surface area contributed by atoms with E-state index in [1.54, 1.807) is 43.3 Å². The average molecular weight is 407 g/mol. The fourth-order valence-corrected chi connectivity index (χ4v) is 4.62. The van der Waals surface area contributed by atoms with Crippen LogP contribution in [-0.4, -0.2) is 51.4 Å². The van der Waals surface area contributed by atoms with Gasteiger partial charge in [0.1, 0.15) is 5.82 Å². The quantitative estimate of drug-likeness (QED) is 0.778. The van der Waals surface area contributed by atoms with Gasteiger partial charge in [0, 0.05) is 5.69 Å². The number of piperazine rings is 1. The van der Waals surface area contributed by atoms with Gasteiger partial charge in [0.05, 0.1) is 31.1 Å². The molecule has 1 heterocycles. The second-order valence-electron chi connectivity index (χ2n) is 7.16. The van der Waals surface area contributed by atoms with Crippen molar-refractivity contribution in [2.75, 3.05) is 38.0 Å². The molecule has 2 aromatic rings. The number of nitrogens with one attached hydrogen (secondary N) is 2. The second-order valence-corrected chi connectivity index (χ2v) is 9.09. The summed E-state index contributed by atoms with van der Waals surface area (Å²) in [4.78, 5) is 13.5. The van der Waals surface area contributed by atoms with E-state index in [4.69, 9.17) is 0 Å². The summed E-state index contributed by atoms with van der Waals surface area (Å²) < 4.78 is 40.5. The summed E-state index contributed by atoms with van der Waals surface area (Å²) in [7, 11) is -3.51. The summed E-state index contributed by atoms with van der Waals surface area (Å²) in [6, 6.07) is 11.4. The lowest BCUT2D eigenvalue weighted by Crippen LogP contribution is -3.15. The highest BCUT2D eigenvalue weighted by atomic mass is 32.2. The minimum Gasteiger partial charge on any atom is -0.325 e. The maximum Gasteiger partial charge on any atom is 0.279 e. The molecule has 0 aromatic heterocycles. The summed E-state index contributed by atoms with van der Waals surface area (Å²) in [5.41, 5.74) is 1.95. The van der Waals surface area contributed by atoms with Crippen molar-refractivity contribution < 1.29 is 22.5 Å². The number of nitrogens with zero attached hydrogens (tertiary/aromatic N) is 1. The van der Waals surface area contributed by atoms with E-state index in [9.17, 15) is 17.6 Å². The van der Waals surface area contributed by atoms with Gasteiger partial charge in [0.25, 0.3) is 5.91 Å². The molecule has 150 valence electrons. The van der Waals surface area contributed by atoms with E-state index in [1.807, 2.05) is 6.92 Å². The Labute approximate surface area is 165 Å². The predicted molar refractivity (Wildman–Crippen MR) is 105 cm³/mol. The molecule has 2 N–H and O–H groups in total. The Morgan fingerprint density at radius 1 is 1.11 bits per heavy atom. The van der Waals surface area contributed by atoms with Crippen molar-refractivity contribution in [3.05, 3.63) is 59.4 Å². The van der Waals surface area contributed by atoms with Gasteiger partial charge in [-0.2, -0.15) is 4.31 Å². The van der Waals surface area contributed by atoms with E-state index in [2.05, 4.69) is 5.32 Å². The van der Waals surface area contributed by atoms with Crippen LogP contribution in [0, 0.1) is 19.7 Å². The molecule has 1 saturated heterocycles. The van der Waals surface area contributed by atoms with Crippen molar-refractivity contribution in [2.45, 2.75) is 18.7 Å². The number of carbonyl (C=O) groups is 1. The first-order valence-electron chi connectivity index (χ1n) is 9.22. The van der Waals surface area contributed by atoms with Crippen molar-refractivity contribution in [1.82, 2.24) is 4.31 Å². The highest BCUT2D eigenvalue weighted by molar-refractivity contribution is 7.89. The van der Waals surface area contributed by atoms with Gasteiger partial charge in [-0.15, -0.1) is 0 Å². The summed E-state index contributed by atoms with van der Waals surface area (Å²) >= 11 is 0. The van der Waals surface area contributed by atoms with Crippen LogP contribution in [0.3, 0.4) is 0 Å². The SMILES string of the molecule is Cc1ccc(S(=O)(=O)N2CC[NH+](CC(=O)Nc3ccc(C)c(F)c3)CC2)cc1. The molecule has 0 bridgehead atoms. The molecule has 0 atom stereocenters. The highest BCUT2D eigenvalue weighted by Gasteiger charge is 2.31. The second kappa shape index (κ2) is 8.38. The molecular weight excluding hydrogens is 381 g/mol. The van der Waals surface area contributed by atoms with Gasteiger partial charge in [-0.05, 0) is 43.7 Å². The number of quaternary nitrogens is 1. The number of benzene rings is 2. The lowest BCUT2D eigenvalue weighted by atomic mass is 10.2. The number of rotatable bonds is 5. The molecule has 6 nitrogen and oxygen atoms in total. The van der Waals surface area contributed by atoms with Crippen molar-refractivity contribution in [1.29, 1.82) is 0 Å². The summed E-state index contributed by atoms with van der Waals surface area (Å²) in [6.07, 6.45) is 0. The van der Waals surface area contributed by atoms with Crippen molar-refractivity contribution in [3.63, 3.8) is 0 Å². The maximum atomic E-state index is 13.6. The van der Waals surface area contributed by atoms with Crippen LogP contribution in [0.5, 0.6) is 0 Å². The molecule has 8 heteroatoms. The number of anilines is 1. The van der Waals surface area contributed by atoms with E-state index in [0.717, 1.165) is 10.5 Å². The Hall–Kier alpha value is -2.29. The third kappa shape index (κ3) is 4.76. The molecule has 1 aliphatic rings. The van der Waals surface area contributed by atoms with Crippen LogP contribution in [0.25, 0.3) is 0 Å². The third-order valence-electron chi connectivity index (χ3n) is 4.95. The van der Waals surface area contributed by atoms with Crippen LogP contribution in [0.15, 0.2) is 47.4 Å². The fraction of sp³-hybridized carbons (Fsp3) is 0.350. The van der Waals surface area contributed by atoms with Crippen LogP contribution < -0.4 is 10.2 Å². The number of carbonyl (C=O) groups excluding carboxylic acids is 1. The number of sulfonamides is 1. The van der Waals surface area contributed by atoms with Crippen LogP contribution in [-0.2, 0) is 14.8 Å². The minimum atomic E-state index is -3.51. The van der Waals surface area contributed by atoms with Gasteiger partial charge < -0.3 is 10.2 Å². The Kier molecular flexibility index (Phi) is 6.12. The van der Waals surface area contributed by atoms with Crippen molar-refractivity contribution in [2.24, 2.45) is 0 Å². The van der Waals surface area contributed by atoms with Crippen LogP contribution in [0.2, 0.25) is 0 Å². The number of hydrogen-bond acceptors (Lipinski definition) is 3. The minimum absolute atomic E-state index is 0.215. The smallest absolute Gasteiger partial charge is 0.279 e. The Balaban J connectivity index is 1.54. The number of amides is 1. The molecule has 28 heavy (non-hydrogen) atoms. The topological polar surface area (TPSA) is 70.9 Å². The molecule has 0 unspecified atom stereocenters. The van der Waals surface area contributed by atoms with Gasteiger partial charge >= 0.3 is 0 Å². The van der Waals surface area contributed by atoms with Gasteiger partial charge in [0.15, 0.2) is 6.54 Å². The third-order valence-corrected chi connectivity index (χ3v) is 6.87. The summed E-state index contributed by atoms with van der Waals surface area (Å²) in [5.74, 6) is -0.576. The van der Waals surface area contributed by atoms with Crippen LogP contribution in [0.1, 0.15) is 11.1 Å². The van der Waals surface area contributed by atoms with E-state index in [-0.39, 0.29) is 18.3 Å². The Bertz CT molecular complexity index is 953. The first-order chi connectivity index (χ1) is 13.3. The lowest BCUT2D eigenvalue weighted by molar-refractivity contribution is -0.895. The first kappa shape index (κ1) is 20.4. The Morgan fingerprint density at radius 3 is 2.36 bits per heavy atom. The van der Waals surface area contributed by atoms with Crippen molar-refractivity contribution >= 4 is 21.6 Å². The van der Waals surface area contributed by atoms with E-state index >= 15 is 0 Å². The number of halogens is 1. The summed E-state index contributed by atoms with van der Waals surface area (Å²) in [6.45, 7) is 5.59. The first-order valence-corrected chi connectivity index (χ1v) is 10.7. The standard InChI is InChI=1S/C20H24FN3O3S/c1-15-3-7-18(8-4-15)28(26,27)24-11-9-23(10-12-24)14-20(25)22-17-6-5-16(2)19(21)13-17/h3-8,13H,9-12,14H2,1-2H3,(H,22,25)/p+1. The van der Waals surface area contributed by atoms with E-state index < -0.39 is 10.0 Å². The lowest BCUT2D eigenvalue weighted by Gasteiger charge is -2.31. The van der Waals surface area contributed by atoms with Crippen molar-refractivity contribution in [3.8, 4) is 0 Å². The molecular formula is C20H25FN3O3S+. The molecule has 3 rings (SSSR count). The monoisotopic (exact) mass is 406 g/mol. The highest BCUT2D eigenvalue weighted by Crippen LogP contribution is 2.16. The van der Waals surface area contributed by atoms with Gasteiger partial charge in [-0.3, -0.25) is 4.79 Å². The molecule has 2 aromatic carbocycles. The molecule has 1 aliphatic heterocycles. The zero-order valence-corrected chi connectivity index (χ0v) is 16.9. The molecule has 0 spiro atoms. The Morgan fingerprint density at radius 2 is 1.75 bits per heavy atom. The van der Waals surface area contributed by atoms with E-state index in [1.165, 1.54) is 10.4 Å². The summed E-state index contributed by atoms with van der Waals surface area (Å²) in [5, 5.41) is 2.70. The normalized spacial score (nSPS) is 16.1. The molecule has 1 fully saturated rings. The molecule has 0 aliphatic carbocycles. The number of hydrogen-bond donors (Lipinski definition) is 2. The predicted octanol–water partition coefficient (Wildman–Crippen LogP) is 0.970. The fourth-order valence-electron chi connectivity index (χ4n) is 3.18. The van der Waals surface area contributed by atoms with Gasteiger partial charge in [-0.1, -0.05) is 23.8 Å². The molecule has 1 amide bonds. The zero-order chi connectivity index (χ0) is 20.3. The average Bonchev–Trinajstić information content (AvgIpc) is 2.65. The molecule has 0 radical (unpaired) electrons. The van der Waals surface area contributed by atoms with Gasteiger partial charge in [0.2, 0.25) is 10.0 Å².